The van der Waals surface area contributed by atoms with Gasteiger partial charge in [-0.2, -0.15) is 0 Å². The lowest BCUT2D eigenvalue weighted by Crippen LogP contribution is -2.56. The van der Waals surface area contributed by atoms with E-state index in [0.717, 1.165) is 63.4 Å². The van der Waals surface area contributed by atoms with Crippen LogP contribution in [0.1, 0.15) is 30.4 Å². The van der Waals surface area contributed by atoms with Gasteiger partial charge in [-0.3, -0.25) is 4.90 Å². The zero-order valence-electron chi connectivity index (χ0n) is 19.8. The third kappa shape index (κ3) is 7.54. The molecule has 4 rings (SSSR count). The van der Waals surface area contributed by atoms with Crippen LogP contribution >= 0.6 is 31.9 Å². The Bertz CT molecular complexity index is 1060. The molecule has 3 aromatic rings. The number of hydrogen-bond donors (Lipinski definition) is 3. The Hall–Kier alpha value is -1.90. The average Bonchev–Trinajstić information content (AvgIpc) is 2.86. The van der Waals surface area contributed by atoms with Crippen molar-refractivity contribution in [3.63, 3.8) is 0 Å². The van der Waals surface area contributed by atoms with Crippen LogP contribution in [0.3, 0.4) is 0 Å². The fourth-order valence-corrected chi connectivity index (χ4v) is 5.89. The Balaban J connectivity index is 1.42. The zero-order valence-corrected chi connectivity index (χ0v) is 23.0. The maximum absolute atomic E-state index is 10.0. The number of nitrogens with two attached hydrogens (primary N) is 1. The molecule has 35 heavy (non-hydrogen) atoms. The van der Waals surface area contributed by atoms with Crippen LogP contribution in [-0.4, -0.2) is 41.7 Å². The first-order chi connectivity index (χ1) is 17.0. The Morgan fingerprint density at radius 3 is 2.31 bits per heavy atom. The van der Waals surface area contributed by atoms with Gasteiger partial charge in [0.15, 0.2) is 0 Å². The monoisotopic (exact) mass is 601 g/mol. The minimum atomic E-state index is 0.242. The lowest BCUT2D eigenvalue weighted by molar-refractivity contribution is 0.113. The van der Waals surface area contributed by atoms with Crippen molar-refractivity contribution in [2.75, 3.05) is 19.6 Å². The van der Waals surface area contributed by atoms with Crippen molar-refractivity contribution in [3.8, 4) is 17.2 Å². The van der Waals surface area contributed by atoms with Crippen molar-refractivity contribution in [2.24, 2.45) is 5.73 Å². The highest BCUT2D eigenvalue weighted by Crippen LogP contribution is 2.34. The maximum atomic E-state index is 10.0. The second-order valence-electron chi connectivity index (χ2n) is 9.14. The average molecular weight is 603 g/mol. The third-order valence-corrected chi connectivity index (χ3v) is 7.66. The summed E-state index contributed by atoms with van der Waals surface area (Å²) in [4.78, 5) is 2.61. The zero-order chi connectivity index (χ0) is 24.6. The number of piperazine rings is 1. The van der Waals surface area contributed by atoms with Crippen molar-refractivity contribution in [1.29, 1.82) is 0 Å². The molecular formula is C28H33Br2N3O2. The highest BCUT2D eigenvalue weighted by atomic mass is 79.9. The fourth-order valence-electron chi connectivity index (χ4n) is 4.61. The van der Waals surface area contributed by atoms with E-state index in [1.807, 2.05) is 42.5 Å². The standard InChI is InChI=1S/C28H33Br2N3O2/c29-26-15-21(16-27(30)28(26)34)14-22-19-33(23(17-32-22)6-4-5-13-31)18-20-9-11-25(12-10-20)35-24-7-2-1-3-8-24/h1-3,7-12,15-16,22-23,32,34H,4-6,13-14,17-19,31H2. The summed E-state index contributed by atoms with van der Waals surface area (Å²) < 4.78 is 7.39. The first-order valence-electron chi connectivity index (χ1n) is 12.2. The molecule has 4 N–H and O–H groups in total. The molecule has 0 bridgehead atoms. The fraction of sp³-hybridized carbons (Fsp3) is 0.357. The van der Waals surface area contributed by atoms with E-state index in [9.17, 15) is 5.11 Å². The number of phenols is 1. The molecule has 3 aromatic carbocycles. The molecule has 0 aromatic heterocycles. The molecule has 7 heteroatoms. The molecule has 1 fully saturated rings. The Kier molecular flexibility index (Phi) is 9.63. The quantitative estimate of drug-likeness (QED) is 0.240. The number of hydrogen-bond acceptors (Lipinski definition) is 5. The third-order valence-electron chi connectivity index (χ3n) is 6.45. The van der Waals surface area contributed by atoms with Gasteiger partial charge in [-0.15, -0.1) is 0 Å². The number of halogens is 2. The smallest absolute Gasteiger partial charge is 0.143 e. The van der Waals surface area contributed by atoms with E-state index < -0.39 is 0 Å². The summed E-state index contributed by atoms with van der Waals surface area (Å²) in [6.07, 6.45) is 4.25. The van der Waals surface area contributed by atoms with E-state index in [0.29, 0.717) is 21.0 Å². The molecule has 186 valence electrons. The van der Waals surface area contributed by atoms with Crippen LogP contribution in [0.2, 0.25) is 0 Å². The summed E-state index contributed by atoms with van der Waals surface area (Å²) in [5.41, 5.74) is 8.21. The van der Waals surface area contributed by atoms with Gasteiger partial charge in [0, 0.05) is 31.7 Å². The number of ether oxygens (including phenoxy) is 1. The van der Waals surface area contributed by atoms with Gasteiger partial charge in [-0.1, -0.05) is 36.8 Å². The summed E-state index contributed by atoms with van der Waals surface area (Å²) in [7, 11) is 0. The number of phenolic OH excluding ortho intramolecular Hbond substituents is 1. The molecule has 2 unspecified atom stereocenters. The molecule has 1 aliphatic rings. The first kappa shape index (κ1) is 26.2. The van der Waals surface area contributed by atoms with Gasteiger partial charge >= 0.3 is 0 Å². The molecule has 0 aliphatic carbocycles. The Labute approximate surface area is 224 Å². The molecular weight excluding hydrogens is 570 g/mol. The summed E-state index contributed by atoms with van der Waals surface area (Å²) in [5.74, 6) is 1.94. The second kappa shape index (κ2) is 12.9. The van der Waals surface area contributed by atoms with Crippen LogP contribution in [0.5, 0.6) is 17.2 Å². The summed E-state index contributed by atoms with van der Waals surface area (Å²) >= 11 is 6.92. The topological polar surface area (TPSA) is 70.8 Å². The second-order valence-corrected chi connectivity index (χ2v) is 10.9. The SMILES string of the molecule is NCCCCC1CNC(Cc2cc(Br)c(O)c(Br)c2)CN1Cc1ccc(Oc2ccccc2)cc1. The van der Waals surface area contributed by atoms with Crippen LogP contribution in [0.25, 0.3) is 0 Å². The minimum absolute atomic E-state index is 0.242. The molecule has 2 atom stereocenters. The van der Waals surface area contributed by atoms with Crippen molar-refractivity contribution in [3.05, 3.63) is 86.8 Å². The molecule has 1 aliphatic heterocycles. The summed E-state index contributed by atoms with van der Waals surface area (Å²) in [6.45, 7) is 3.58. The van der Waals surface area contributed by atoms with Gasteiger partial charge in [0.1, 0.15) is 17.2 Å². The van der Waals surface area contributed by atoms with E-state index in [1.54, 1.807) is 0 Å². The highest BCUT2D eigenvalue weighted by Gasteiger charge is 2.28. The van der Waals surface area contributed by atoms with E-state index in [2.05, 4.69) is 66.3 Å². The van der Waals surface area contributed by atoms with Crippen LogP contribution < -0.4 is 15.8 Å². The van der Waals surface area contributed by atoms with Crippen LogP contribution in [0.4, 0.5) is 0 Å². The van der Waals surface area contributed by atoms with Crippen LogP contribution in [0.15, 0.2) is 75.7 Å². The highest BCUT2D eigenvalue weighted by molar-refractivity contribution is 9.11. The molecule has 1 heterocycles. The number of para-hydroxylation sites is 1. The Morgan fingerprint density at radius 2 is 1.63 bits per heavy atom. The van der Waals surface area contributed by atoms with Crippen molar-refractivity contribution >= 4 is 31.9 Å². The normalized spacial score (nSPS) is 18.5. The van der Waals surface area contributed by atoms with Crippen LogP contribution in [-0.2, 0) is 13.0 Å². The largest absolute Gasteiger partial charge is 0.506 e. The summed E-state index contributed by atoms with van der Waals surface area (Å²) in [5, 5.41) is 13.8. The van der Waals surface area contributed by atoms with Gasteiger partial charge in [0.25, 0.3) is 0 Å². The summed E-state index contributed by atoms with van der Waals surface area (Å²) in [6, 6.07) is 23.1. The van der Waals surface area contributed by atoms with Gasteiger partial charge in [-0.05, 0) is 105 Å². The van der Waals surface area contributed by atoms with Gasteiger partial charge in [-0.25, -0.2) is 0 Å². The van der Waals surface area contributed by atoms with Crippen LogP contribution in [0, 0.1) is 0 Å². The van der Waals surface area contributed by atoms with E-state index in [1.165, 1.54) is 11.1 Å². The molecule has 0 spiro atoms. The van der Waals surface area contributed by atoms with Crippen molar-refractivity contribution in [2.45, 2.75) is 44.3 Å². The van der Waals surface area contributed by atoms with E-state index in [-0.39, 0.29) is 5.75 Å². The number of rotatable bonds is 10. The molecule has 0 radical (unpaired) electrons. The van der Waals surface area contributed by atoms with Crippen molar-refractivity contribution < 1.29 is 9.84 Å². The molecule has 1 saturated heterocycles. The lowest BCUT2D eigenvalue weighted by atomic mass is 9.98. The van der Waals surface area contributed by atoms with Gasteiger partial charge < -0.3 is 20.9 Å². The first-order valence-corrected chi connectivity index (χ1v) is 13.8. The number of aromatic hydroxyl groups is 1. The molecule has 0 amide bonds. The Morgan fingerprint density at radius 1 is 0.943 bits per heavy atom. The number of nitrogens with zero attached hydrogens (tertiary/aromatic N) is 1. The van der Waals surface area contributed by atoms with Gasteiger partial charge in [0.2, 0.25) is 0 Å². The van der Waals surface area contributed by atoms with E-state index >= 15 is 0 Å². The predicted octanol–water partition coefficient (Wildman–Crippen LogP) is 6.22. The molecule has 5 nitrogen and oxygen atoms in total. The maximum Gasteiger partial charge on any atom is 0.143 e. The number of nitrogens with one attached hydrogen (secondary N) is 1. The van der Waals surface area contributed by atoms with Gasteiger partial charge in [0.05, 0.1) is 8.95 Å². The molecule has 0 saturated carbocycles. The minimum Gasteiger partial charge on any atom is -0.506 e. The van der Waals surface area contributed by atoms with Crippen molar-refractivity contribution in [1.82, 2.24) is 10.2 Å². The van der Waals surface area contributed by atoms with E-state index in [4.69, 9.17) is 10.5 Å². The number of unbranched alkanes of at least 4 members (excludes halogenated alkanes) is 1. The predicted molar refractivity (Wildman–Crippen MR) is 149 cm³/mol. The number of benzene rings is 3. The lowest BCUT2D eigenvalue weighted by Gasteiger charge is -2.41.